The Morgan fingerprint density at radius 1 is 0.422 bits per heavy atom. The van der Waals surface area contributed by atoms with Gasteiger partial charge in [-0.1, -0.05) is 178 Å². The van der Waals surface area contributed by atoms with E-state index in [-0.39, 0.29) is 11.3 Å². The third kappa shape index (κ3) is 14.1. The maximum absolute atomic E-state index is 15.0. The highest BCUT2D eigenvalue weighted by Gasteiger charge is 2.16. The van der Waals surface area contributed by atoms with Crippen LogP contribution in [0.1, 0.15) is 148 Å². The Balaban J connectivity index is 1.37. The maximum atomic E-state index is 15.0. The third-order valence-electron chi connectivity index (χ3n) is 9.10. The molecule has 0 atom stereocenters. The molecular weight excluding hydrogens is 558 g/mol. The van der Waals surface area contributed by atoms with E-state index >= 15 is 4.39 Å². The van der Waals surface area contributed by atoms with Crippen LogP contribution in [-0.4, -0.2) is 6.61 Å². The number of hydrogen-bond donors (Lipinski definition) is 0. The summed E-state index contributed by atoms with van der Waals surface area (Å²) in [4.78, 5) is 0. The molecule has 0 unspecified atom stereocenters. The van der Waals surface area contributed by atoms with E-state index in [2.05, 4.69) is 38.1 Å². The number of hydrogen-bond acceptors (Lipinski definition) is 1. The second-order valence-electron chi connectivity index (χ2n) is 13.0. The lowest BCUT2D eigenvalue weighted by Gasteiger charge is -2.11. The minimum Gasteiger partial charge on any atom is -0.490 e. The van der Waals surface area contributed by atoms with Crippen LogP contribution in [0.3, 0.4) is 0 Å². The van der Waals surface area contributed by atoms with Crippen molar-refractivity contribution in [3.8, 4) is 28.0 Å². The van der Waals surface area contributed by atoms with Crippen molar-refractivity contribution in [2.45, 2.75) is 149 Å². The highest BCUT2D eigenvalue weighted by Crippen LogP contribution is 2.32. The van der Waals surface area contributed by atoms with Crippen LogP contribution < -0.4 is 4.74 Å². The molecule has 3 rings (SSSR count). The van der Waals surface area contributed by atoms with Gasteiger partial charge in [0.25, 0.3) is 0 Å². The van der Waals surface area contributed by atoms with E-state index in [1.165, 1.54) is 121 Å². The summed E-state index contributed by atoms with van der Waals surface area (Å²) in [5, 5.41) is 0. The third-order valence-corrected chi connectivity index (χ3v) is 9.10. The molecule has 3 heteroatoms. The minimum absolute atomic E-state index is 0.00156. The van der Waals surface area contributed by atoms with Crippen molar-refractivity contribution >= 4 is 0 Å². The fourth-order valence-corrected chi connectivity index (χ4v) is 6.16. The lowest BCUT2D eigenvalue weighted by molar-refractivity contribution is 0.285. The van der Waals surface area contributed by atoms with Gasteiger partial charge in [0.15, 0.2) is 11.6 Å². The molecule has 0 aliphatic rings. The van der Waals surface area contributed by atoms with Crippen LogP contribution in [0.5, 0.6) is 5.75 Å². The van der Waals surface area contributed by atoms with Gasteiger partial charge in [0.2, 0.25) is 5.82 Å². The number of benzene rings is 3. The van der Waals surface area contributed by atoms with E-state index in [0.29, 0.717) is 12.2 Å². The molecule has 1 nitrogen and oxygen atoms in total. The molecule has 0 radical (unpaired) electrons. The summed E-state index contributed by atoms with van der Waals surface area (Å²) >= 11 is 0. The second-order valence-corrected chi connectivity index (χ2v) is 13.0. The summed E-state index contributed by atoms with van der Waals surface area (Å²) in [5.41, 5.74) is 4.51. The summed E-state index contributed by atoms with van der Waals surface area (Å²) in [6.45, 7) is 4.93. The first-order chi connectivity index (χ1) is 22.1. The van der Waals surface area contributed by atoms with Crippen LogP contribution in [0.15, 0.2) is 60.7 Å². The summed E-state index contributed by atoms with van der Waals surface area (Å²) in [7, 11) is 0. The first-order valence-corrected chi connectivity index (χ1v) is 18.4. The average molecular weight is 619 g/mol. The number of rotatable bonds is 25. The minimum atomic E-state index is -0.901. The van der Waals surface area contributed by atoms with Gasteiger partial charge in [0.1, 0.15) is 0 Å². The van der Waals surface area contributed by atoms with E-state index in [1.54, 1.807) is 12.1 Å². The number of ether oxygens (including phenoxy) is 1. The summed E-state index contributed by atoms with van der Waals surface area (Å²) in [5.74, 6) is -1.75. The number of unbranched alkanes of at least 4 members (excludes halogenated alkanes) is 18. The first-order valence-electron chi connectivity index (χ1n) is 18.4. The van der Waals surface area contributed by atoms with E-state index in [0.717, 1.165) is 30.4 Å². The average Bonchev–Trinajstić information content (AvgIpc) is 3.07. The molecule has 0 amide bonds. The molecule has 0 bridgehead atoms. The van der Waals surface area contributed by atoms with Crippen molar-refractivity contribution in [3.63, 3.8) is 0 Å². The zero-order chi connectivity index (χ0) is 32.0. The molecule has 0 saturated carbocycles. The molecule has 0 aliphatic heterocycles. The van der Waals surface area contributed by atoms with Gasteiger partial charge in [-0.05, 0) is 53.6 Å². The largest absolute Gasteiger partial charge is 0.490 e. The standard InChI is InChI=1S/C42H60F2O/c1-3-5-7-9-11-13-15-17-19-21-23-35-24-26-36(27-25-35)37-28-30-38(31-29-37)39-32-33-40(42(44)41(39)43)45-34-22-20-18-16-14-12-10-8-6-4-2/h24-33H,3-23,34H2,1-2H3. The molecular formula is C42H60F2O. The fraction of sp³-hybridized carbons (Fsp3) is 0.571. The van der Waals surface area contributed by atoms with Crippen LogP contribution in [0, 0.1) is 11.6 Å². The summed E-state index contributed by atoms with van der Waals surface area (Å²) in [6.07, 6.45) is 27.0. The van der Waals surface area contributed by atoms with Gasteiger partial charge in [-0.15, -0.1) is 0 Å². The molecule has 0 spiro atoms. The van der Waals surface area contributed by atoms with Crippen LogP contribution in [0.25, 0.3) is 22.3 Å². The van der Waals surface area contributed by atoms with Crippen LogP contribution in [0.2, 0.25) is 0 Å². The Bertz CT molecular complexity index is 1170. The zero-order valence-corrected chi connectivity index (χ0v) is 28.5. The molecule has 248 valence electrons. The SMILES string of the molecule is CCCCCCCCCCCCOc1ccc(-c2ccc(-c3ccc(CCCCCCCCCCCC)cc3)cc2)c(F)c1F. The zero-order valence-electron chi connectivity index (χ0n) is 28.5. The molecule has 0 N–H and O–H groups in total. The van der Waals surface area contributed by atoms with Gasteiger partial charge in [0, 0.05) is 5.56 Å². The monoisotopic (exact) mass is 618 g/mol. The predicted molar refractivity (Wildman–Crippen MR) is 190 cm³/mol. The number of aryl methyl sites for hydroxylation is 1. The Labute approximate surface area is 274 Å². The maximum Gasteiger partial charge on any atom is 0.201 e. The molecule has 0 saturated heterocycles. The van der Waals surface area contributed by atoms with Crippen molar-refractivity contribution in [2.75, 3.05) is 6.61 Å². The quantitative estimate of drug-likeness (QED) is 0.0858. The number of halogens is 2. The Hall–Kier alpha value is -2.68. The van der Waals surface area contributed by atoms with Crippen LogP contribution in [-0.2, 0) is 6.42 Å². The van der Waals surface area contributed by atoms with Gasteiger partial charge in [-0.2, -0.15) is 4.39 Å². The van der Waals surface area contributed by atoms with E-state index < -0.39 is 11.6 Å². The molecule has 0 aliphatic carbocycles. The van der Waals surface area contributed by atoms with Crippen molar-refractivity contribution in [2.24, 2.45) is 0 Å². The molecule has 3 aromatic rings. The topological polar surface area (TPSA) is 9.23 Å². The lowest BCUT2D eigenvalue weighted by atomic mass is 9.98. The Morgan fingerprint density at radius 2 is 0.844 bits per heavy atom. The molecule has 45 heavy (non-hydrogen) atoms. The van der Waals surface area contributed by atoms with E-state index in [4.69, 9.17) is 4.74 Å². The first kappa shape index (κ1) is 36.8. The fourth-order valence-electron chi connectivity index (χ4n) is 6.16. The highest BCUT2D eigenvalue weighted by atomic mass is 19.2. The van der Waals surface area contributed by atoms with Crippen molar-refractivity contribution < 1.29 is 13.5 Å². The van der Waals surface area contributed by atoms with Crippen molar-refractivity contribution in [1.29, 1.82) is 0 Å². The second kappa shape index (κ2) is 22.8. The van der Waals surface area contributed by atoms with Gasteiger partial charge in [0.05, 0.1) is 6.61 Å². The van der Waals surface area contributed by atoms with Gasteiger partial charge < -0.3 is 4.74 Å². The molecule has 0 fully saturated rings. The molecule has 0 aromatic heterocycles. The Morgan fingerprint density at radius 3 is 1.36 bits per heavy atom. The molecule has 3 aromatic carbocycles. The summed E-state index contributed by atoms with van der Waals surface area (Å²) < 4.78 is 35.5. The van der Waals surface area contributed by atoms with Gasteiger partial charge in [-0.3, -0.25) is 0 Å². The van der Waals surface area contributed by atoms with Crippen LogP contribution in [0.4, 0.5) is 8.78 Å². The lowest BCUT2D eigenvalue weighted by Crippen LogP contribution is -2.01. The summed E-state index contributed by atoms with van der Waals surface area (Å²) in [6, 6.07) is 19.7. The van der Waals surface area contributed by atoms with Gasteiger partial charge >= 0.3 is 0 Å². The van der Waals surface area contributed by atoms with Crippen molar-refractivity contribution in [1.82, 2.24) is 0 Å². The predicted octanol–water partition coefficient (Wildman–Crippen LogP) is 14.1. The smallest absolute Gasteiger partial charge is 0.201 e. The van der Waals surface area contributed by atoms with Crippen LogP contribution >= 0.6 is 0 Å². The van der Waals surface area contributed by atoms with E-state index in [9.17, 15) is 4.39 Å². The normalized spacial score (nSPS) is 11.3. The Kier molecular flexibility index (Phi) is 18.6. The highest BCUT2D eigenvalue weighted by molar-refractivity contribution is 5.71. The van der Waals surface area contributed by atoms with Gasteiger partial charge in [-0.25, -0.2) is 4.39 Å². The van der Waals surface area contributed by atoms with E-state index in [1.807, 2.05) is 24.3 Å². The van der Waals surface area contributed by atoms with Crippen molar-refractivity contribution in [3.05, 3.63) is 77.9 Å². The molecule has 0 heterocycles.